The maximum Gasteiger partial charge on any atom is 0.422 e. The van der Waals surface area contributed by atoms with Crippen molar-refractivity contribution < 1.29 is 27.4 Å². The van der Waals surface area contributed by atoms with E-state index >= 15 is 0 Å². The molecule has 0 aliphatic heterocycles. The highest BCUT2D eigenvalue weighted by molar-refractivity contribution is 6.07. The van der Waals surface area contributed by atoms with Gasteiger partial charge in [0.15, 0.2) is 5.60 Å². The molecule has 4 rings (SSSR count). The van der Waals surface area contributed by atoms with Crippen LogP contribution in [0, 0.1) is 12.7 Å². The van der Waals surface area contributed by atoms with Gasteiger partial charge in [0.2, 0.25) is 0 Å². The number of hydrogen-bond acceptors (Lipinski definition) is 4. The molecule has 4 nitrogen and oxygen atoms in total. The Balaban J connectivity index is 2.00. The zero-order valence-electron chi connectivity index (χ0n) is 17.8. The fraction of sp³-hybridized carbons (Fsp3) is 0.333. The molecule has 1 aromatic heterocycles. The third kappa shape index (κ3) is 3.62. The normalized spacial score (nSPS) is 17.8. The first-order valence-electron chi connectivity index (χ1n) is 10.1. The molecule has 1 aliphatic rings. The molecule has 2 aromatic carbocycles. The number of aryl methyl sites for hydroxylation is 1. The van der Waals surface area contributed by atoms with E-state index in [9.17, 15) is 22.7 Å². The highest BCUT2D eigenvalue weighted by atomic mass is 19.4. The predicted molar refractivity (Wildman–Crippen MR) is 114 cm³/mol. The molecular weight excluding hydrogens is 424 g/mol. The van der Waals surface area contributed by atoms with Crippen LogP contribution in [0.4, 0.5) is 23.2 Å². The van der Waals surface area contributed by atoms with E-state index in [1.807, 2.05) is 6.92 Å². The molecule has 1 atom stereocenters. The minimum Gasteiger partial charge on any atom is -0.496 e. The average molecular weight is 446 g/mol. The first-order chi connectivity index (χ1) is 15.0. The van der Waals surface area contributed by atoms with Crippen molar-refractivity contribution >= 4 is 22.3 Å². The molecule has 1 N–H and O–H groups in total. The van der Waals surface area contributed by atoms with E-state index in [-0.39, 0.29) is 29.8 Å². The molecular formula is C24H22F4N2O2. The predicted octanol–water partition coefficient (Wildman–Crippen LogP) is 5.81. The molecule has 1 fully saturated rings. The molecule has 0 radical (unpaired) electrons. The number of aromatic nitrogens is 1. The number of fused-ring (bicyclic) bond motifs is 1. The number of alkyl halides is 3. The topological polar surface area (TPSA) is 54.7 Å². The Hall–Kier alpha value is -3.00. The number of nitrogens with zero attached hydrogens (tertiary/aromatic N) is 2. The smallest absolute Gasteiger partial charge is 0.422 e. The van der Waals surface area contributed by atoms with Crippen molar-refractivity contribution in [3.05, 3.63) is 65.6 Å². The van der Waals surface area contributed by atoms with Gasteiger partial charge in [-0.3, -0.25) is 9.98 Å². The third-order valence-electron chi connectivity index (χ3n) is 5.97. The van der Waals surface area contributed by atoms with Crippen molar-refractivity contribution in [1.82, 2.24) is 4.98 Å². The highest BCUT2D eigenvalue weighted by Gasteiger charge is 2.64. The highest BCUT2D eigenvalue weighted by Crippen LogP contribution is 2.56. The Bertz CT molecular complexity index is 1210. The molecule has 1 saturated carbocycles. The molecule has 8 heteroatoms. The lowest BCUT2D eigenvalue weighted by Crippen LogP contribution is -2.53. The molecule has 1 heterocycles. The summed E-state index contributed by atoms with van der Waals surface area (Å²) < 4.78 is 61.6. The Kier molecular flexibility index (Phi) is 5.24. The summed E-state index contributed by atoms with van der Waals surface area (Å²) in [7, 11) is 1.37. The van der Waals surface area contributed by atoms with E-state index in [0.717, 1.165) is 11.8 Å². The van der Waals surface area contributed by atoms with Crippen molar-refractivity contribution in [3.8, 4) is 5.75 Å². The Morgan fingerprint density at radius 3 is 2.47 bits per heavy atom. The summed E-state index contributed by atoms with van der Waals surface area (Å²) in [6.45, 7) is 2.50. The summed E-state index contributed by atoms with van der Waals surface area (Å²) in [6.07, 6.45) is -4.47. The number of hydrogen-bond donors (Lipinski definition) is 1. The summed E-state index contributed by atoms with van der Waals surface area (Å²) >= 11 is 0. The lowest BCUT2D eigenvalue weighted by Gasteiger charge is -2.33. The maximum atomic E-state index is 14.1. The van der Waals surface area contributed by atoms with Crippen LogP contribution in [0.25, 0.3) is 10.9 Å². The number of ether oxygens (including phenoxy) is 1. The van der Waals surface area contributed by atoms with Crippen molar-refractivity contribution in [2.45, 2.75) is 43.9 Å². The molecule has 0 saturated heterocycles. The SMILES string of the molecule is COc1ccc(F)cc1C1(C(=Nc2cccc3nc(C)ccc23)C(C)(O)C(F)(F)F)CC1. The molecule has 0 amide bonds. The van der Waals surface area contributed by atoms with Crippen LogP contribution in [0.15, 0.2) is 53.5 Å². The number of pyridine rings is 1. The number of aliphatic hydroxyl groups is 1. The summed E-state index contributed by atoms with van der Waals surface area (Å²) in [6, 6.07) is 12.1. The summed E-state index contributed by atoms with van der Waals surface area (Å²) in [5.74, 6) is -0.368. The van der Waals surface area contributed by atoms with Crippen molar-refractivity contribution in [2.24, 2.45) is 4.99 Å². The fourth-order valence-electron chi connectivity index (χ4n) is 4.09. The lowest BCUT2D eigenvalue weighted by molar-refractivity contribution is -0.224. The Morgan fingerprint density at radius 2 is 1.84 bits per heavy atom. The average Bonchev–Trinajstić information content (AvgIpc) is 3.52. The van der Waals surface area contributed by atoms with Gasteiger partial charge in [0.05, 0.1) is 24.0 Å². The molecule has 32 heavy (non-hydrogen) atoms. The lowest BCUT2D eigenvalue weighted by atomic mass is 9.80. The fourth-order valence-corrected chi connectivity index (χ4v) is 4.09. The van der Waals surface area contributed by atoms with Crippen molar-refractivity contribution in [3.63, 3.8) is 0 Å². The number of rotatable bonds is 5. The minimum atomic E-state index is -5.00. The van der Waals surface area contributed by atoms with E-state index in [0.29, 0.717) is 17.8 Å². The first kappa shape index (κ1) is 22.2. The van der Waals surface area contributed by atoms with Crippen LogP contribution in [-0.2, 0) is 5.41 Å². The van der Waals surface area contributed by atoms with Gasteiger partial charge in [0, 0.05) is 22.1 Å². The Labute approximate surface area is 182 Å². The van der Waals surface area contributed by atoms with Crippen LogP contribution in [0.2, 0.25) is 0 Å². The van der Waals surface area contributed by atoms with Crippen LogP contribution in [0.3, 0.4) is 0 Å². The second-order valence-corrected chi connectivity index (χ2v) is 8.25. The van der Waals surface area contributed by atoms with Crippen LogP contribution in [0.5, 0.6) is 5.75 Å². The number of aliphatic imine (C=N–C) groups is 1. The molecule has 0 bridgehead atoms. The summed E-state index contributed by atoms with van der Waals surface area (Å²) in [4.78, 5) is 8.80. The molecule has 1 aliphatic carbocycles. The first-order valence-corrected chi connectivity index (χ1v) is 10.1. The van der Waals surface area contributed by atoms with E-state index < -0.39 is 28.7 Å². The molecule has 1 unspecified atom stereocenters. The Morgan fingerprint density at radius 1 is 1.12 bits per heavy atom. The van der Waals surface area contributed by atoms with E-state index in [1.165, 1.54) is 19.2 Å². The zero-order valence-corrected chi connectivity index (χ0v) is 17.8. The van der Waals surface area contributed by atoms with E-state index in [2.05, 4.69) is 9.98 Å². The second kappa shape index (κ2) is 7.55. The van der Waals surface area contributed by atoms with Crippen LogP contribution < -0.4 is 4.74 Å². The third-order valence-corrected chi connectivity index (χ3v) is 5.97. The number of methoxy groups -OCH3 is 1. The number of halogens is 4. The van der Waals surface area contributed by atoms with Crippen LogP contribution in [-0.4, -0.2) is 34.7 Å². The van der Waals surface area contributed by atoms with E-state index in [4.69, 9.17) is 4.74 Å². The summed E-state index contributed by atoms with van der Waals surface area (Å²) in [5, 5.41) is 11.3. The van der Waals surface area contributed by atoms with Gasteiger partial charge in [-0.1, -0.05) is 6.07 Å². The van der Waals surface area contributed by atoms with Crippen LogP contribution in [0.1, 0.15) is 31.0 Å². The maximum absolute atomic E-state index is 14.1. The van der Waals surface area contributed by atoms with Crippen molar-refractivity contribution in [2.75, 3.05) is 7.11 Å². The van der Waals surface area contributed by atoms with Gasteiger partial charge in [-0.2, -0.15) is 13.2 Å². The largest absolute Gasteiger partial charge is 0.496 e. The van der Waals surface area contributed by atoms with Gasteiger partial charge < -0.3 is 9.84 Å². The minimum absolute atomic E-state index is 0.234. The zero-order chi connectivity index (χ0) is 23.3. The van der Waals surface area contributed by atoms with E-state index in [1.54, 1.807) is 30.3 Å². The monoisotopic (exact) mass is 446 g/mol. The van der Waals surface area contributed by atoms with Gasteiger partial charge in [-0.15, -0.1) is 0 Å². The summed E-state index contributed by atoms with van der Waals surface area (Å²) in [5.41, 5.74) is -3.24. The molecule has 3 aromatic rings. The quantitative estimate of drug-likeness (QED) is 0.398. The van der Waals surface area contributed by atoms with Gasteiger partial charge in [0.25, 0.3) is 0 Å². The van der Waals surface area contributed by atoms with Gasteiger partial charge in [-0.05, 0) is 69.2 Å². The number of benzene rings is 2. The van der Waals surface area contributed by atoms with Gasteiger partial charge in [-0.25, -0.2) is 4.39 Å². The van der Waals surface area contributed by atoms with Crippen molar-refractivity contribution in [1.29, 1.82) is 0 Å². The molecule has 0 spiro atoms. The standard InChI is InChI=1S/C24H22F4N2O2/c1-14-7-9-16-18(29-14)5-4-6-19(16)30-21(22(2,31)24(26,27)28)23(11-12-23)17-13-15(25)8-10-20(17)32-3/h4-10,13,31H,11-12H2,1-3H3. The molecule has 168 valence electrons. The van der Waals surface area contributed by atoms with Gasteiger partial charge in [0.1, 0.15) is 11.6 Å². The van der Waals surface area contributed by atoms with Crippen LogP contribution >= 0.6 is 0 Å². The second-order valence-electron chi connectivity index (χ2n) is 8.25. The van der Waals surface area contributed by atoms with Gasteiger partial charge >= 0.3 is 6.18 Å².